The van der Waals surface area contributed by atoms with Gasteiger partial charge in [-0.2, -0.15) is 0 Å². The van der Waals surface area contributed by atoms with Crippen LogP contribution >= 0.6 is 0 Å². The molecule has 2 heterocycles. The van der Waals surface area contributed by atoms with E-state index in [0.29, 0.717) is 0 Å². The molecule has 1 atom stereocenters. The van der Waals surface area contributed by atoms with Gasteiger partial charge in [0.25, 0.3) is 0 Å². The summed E-state index contributed by atoms with van der Waals surface area (Å²) in [6.45, 7) is 10.2. The predicted molar refractivity (Wildman–Crippen MR) is 81.0 cm³/mol. The largest absolute Gasteiger partial charge is 0.392 e. The Balaban J connectivity index is 2.28. The summed E-state index contributed by atoms with van der Waals surface area (Å²) in [5.74, 6) is 0.961. The number of aliphatic hydroxyl groups is 1. The van der Waals surface area contributed by atoms with Crippen LogP contribution in [0, 0.1) is 0 Å². The van der Waals surface area contributed by atoms with Crippen LogP contribution < -0.4 is 4.90 Å². The van der Waals surface area contributed by atoms with E-state index in [-0.39, 0.29) is 18.3 Å². The first kappa shape index (κ1) is 15.3. The average Bonchev–Trinajstić information content (AvgIpc) is 2.36. The van der Waals surface area contributed by atoms with Gasteiger partial charge < -0.3 is 14.7 Å². The van der Waals surface area contributed by atoms with Gasteiger partial charge in [0.1, 0.15) is 5.82 Å². The van der Waals surface area contributed by atoms with Crippen molar-refractivity contribution in [3.63, 3.8) is 0 Å². The monoisotopic (exact) mass is 278 g/mol. The fraction of sp³-hybridized carbons (Fsp3) is 0.688. The molecule has 0 aliphatic carbocycles. The van der Waals surface area contributed by atoms with Gasteiger partial charge in [0.15, 0.2) is 0 Å². The van der Waals surface area contributed by atoms with Crippen LogP contribution in [0.2, 0.25) is 0 Å². The Morgan fingerprint density at radius 3 is 2.80 bits per heavy atom. The third kappa shape index (κ3) is 3.70. The highest BCUT2D eigenvalue weighted by Crippen LogP contribution is 2.26. The van der Waals surface area contributed by atoms with Crippen LogP contribution in [-0.2, 0) is 17.8 Å². The van der Waals surface area contributed by atoms with Crippen LogP contribution in [-0.4, -0.2) is 34.9 Å². The molecule has 1 fully saturated rings. The molecule has 1 saturated heterocycles. The number of rotatable bonds is 4. The van der Waals surface area contributed by atoms with Crippen molar-refractivity contribution in [2.45, 2.75) is 58.8 Å². The Kier molecular flexibility index (Phi) is 4.66. The minimum atomic E-state index is -0.167. The van der Waals surface area contributed by atoms with Crippen molar-refractivity contribution in [1.29, 1.82) is 0 Å². The molecule has 1 aromatic rings. The van der Waals surface area contributed by atoms with Crippen molar-refractivity contribution in [3.05, 3.63) is 23.4 Å². The normalized spacial score (nSPS) is 22.1. The van der Waals surface area contributed by atoms with Crippen molar-refractivity contribution in [3.8, 4) is 0 Å². The van der Waals surface area contributed by atoms with Crippen molar-refractivity contribution < 1.29 is 9.84 Å². The second kappa shape index (κ2) is 6.10. The topological polar surface area (TPSA) is 45.6 Å². The molecule has 0 spiro atoms. The first-order valence-electron chi connectivity index (χ1n) is 7.47. The molecular weight excluding hydrogens is 252 g/mol. The van der Waals surface area contributed by atoms with Crippen LogP contribution in [0.25, 0.3) is 0 Å². The van der Waals surface area contributed by atoms with E-state index in [1.54, 1.807) is 0 Å². The first-order valence-corrected chi connectivity index (χ1v) is 7.47. The molecule has 1 aliphatic rings. The molecule has 1 aliphatic heterocycles. The lowest BCUT2D eigenvalue weighted by Gasteiger charge is -2.42. The highest BCUT2D eigenvalue weighted by Gasteiger charge is 2.32. The number of nitrogens with zero attached hydrogens (tertiary/aromatic N) is 2. The zero-order valence-corrected chi connectivity index (χ0v) is 13.0. The molecule has 1 N–H and O–H groups in total. The number of aliphatic hydroxyl groups excluding tert-OH is 1. The van der Waals surface area contributed by atoms with E-state index in [1.807, 2.05) is 12.1 Å². The van der Waals surface area contributed by atoms with E-state index in [9.17, 15) is 5.11 Å². The molecule has 0 radical (unpaired) electrons. The molecule has 4 heteroatoms. The van der Waals surface area contributed by atoms with Crippen LogP contribution in [0.4, 0.5) is 5.82 Å². The maximum atomic E-state index is 9.44. The molecule has 20 heavy (non-hydrogen) atoms. The minimum Gasteiger partial charge on any atom is -0.392 e. The van der Waals surface area contributed by atoms with Crippen molar-refractivity contribution in [2.75, 3.05) is 18.0 Å². The lowest BCUT2D eigenvalue weighted by Crippen LogP contribution is -2.52. The second-order valence-corrected chi connectivity index (χ2v) is 6.30. The number of ether oxygens (including phenoxy) is 1. The number of aryl methyl sites for hydroxylation is 1. The van der Waals surface area contributed by atoms with Crippen LogP contribution in [0.15, 0.2) is 12.1 Å². The summed E-state index contributed by atoms with van der Waals surface area (Å²) in [7, 11) is 0. The van der Waals surface area contributed by atoms with E-state index in [0.717, 1.165) is 43.0 Å². The number of hydrogen-bond acceptors (Lipinski definition) is 4. The molecule has 1 unspecified atom stereocenters. The Hall–Kier alpha value is -1.13. The summed E-state index contributed by atoms with van der Waals surface area (Å²) in [6.07, 6.45) is 2.20. The van der Waals surface area contributed by atoms with Crippen LogP contribution in [0.5, 0.6) is 0 Å². The third-order valence-corrected chi connectivity index (χ3v) is 3.51. The molecule has 0 saturated carbocycles. The van der Waals surface area contributed by atoms with E-state index >= 15 is 0 Å². The van der Waals surface area contributed by atoms with Gasteiger partial charge >= 0.3 is 0 Å². The van der Waals surface area contributed by atoms with Crippen molar-refractivity contribution in [1.82, 2.24) is 4.98 Å². The van der Waals surface area contributed by atoms with Gasteiger partial charge in [-0.1, -0.05) is 13.3 Å². The predicted octanol–water partition coefficient (Wildman–Crippen LogP) is 2.53. The molecular formula is C16H26N2O2. The maximum Gasteiger partial charge on any atom is 0.129 e. The van der Waals surface area contributed by atoms with Gasteiger partial charge in [0, 0.05) is 18.8 Å². The smallest absolute Gasteiger partial charge is 0.129 e. The van der Waals surface area contributed by atoms with Gasteiger partial charge in [-0.3, -0.25) is 0 Å². The summed E-state index contributed by atoms with van der Waals surface area (Å²) in [5, 5.41) is 9.44. The minimum absolute atomic E-state index is 0.0650. The Labute approximate surface area is 121 Å². The molecule has 0 bridgehead atoms. The van der Waals surface area contributed by atoms with Crippen LogP contribution in [0.3, 0.4) is 0 Å². The fourth-order valence-electron chi connectivity index (χ4n) is 2.90. The van der Waals surface area contributed by atoms with E-state index in [1.165, 1.54) is 0 Å². The summed E-state index contributed by atoms with van der Waals surface area (Å²) in [5.41, 5.74) is 1.83. The number of aromatic nitrogens is 1. The summed E-state index contributed by atoms with van der Waals surface area (Å²) in [4.78, 5) is 7.02. The molecule has 2 rings (SSSR count). The van der Waals surface area contributed by atoms with Crippen LogP contribution in [0.1, 0.15) is 45.4 Å². The third-order valence-electron chi connectivity index (χ3n) is 3.51. The summed E-state index contributed by atoms with van der Waals surface area (Å²) in [6, 6.07) is 4.00. The molecule has 112 valence electrons. The second-order valence-electron chi connectivity index (χ2n) is 6.30. The lowest BCUT2D eigenvalue weighted by atomic mass is 10.1. The standard InChI is InChI=1S/C16H26N2O2/c1-5-6-14-7-13(10-19)8-15(17-14)18-9-12(2)20-16(3,4)11-18/h7-8,12,19H,5-6,9-11H2,1-4H3. The number of morpholine rings is 1. The molecule has 0 aromatic carbocycles. The Morgan fingerprint density at radius 2 is 2.20 bits per heavy atom. The first-order chi connectivity index (χ1) is 9.43. The Morgan fingerprint density at radius 1 is 1.45 bits per heavy atom. The quantitative estimate of drug-likeness (QED) is 0.919. The molecule has 4 nitrogen and oxygen atoms in total. The van der Waals surface area contributed by atoms with Gasteiger partial charge in [-0.05, 0) is 44.9 Å². The van der Waals surface area contributed by atoms with Gasteiger partial charge in [0.05, 0.1) is 18.3 Å². The highest BCUT2D eigenvalue weighted by molar-refractivity contribution is 5.44. The highest BCUT2D eigenvalue weighted by atomic mass is 16.5. The van der Waals surface area contributed by atoms with Crippen molar-refractivity contribution in [2.24, 2.45) is 0 Å². The molecule has 1 aromatic heterocycles. The van der Waals surface area contributed by atoms with E-state index in [4.69, 9.17) is 9.72 Å². The van der Waals surface area contributed by atoms with Gasteiger partial charge in [-0.25, -0.2) is 4.98 Å². The summed E-state index contributed by atoms with van der Waals surface area (Å²) >= 11 is 0. The average molecular weight is 278 g/mol. The van der Waals surface area contributed by atoms with E-state index < -0.39 is 0 Å². The zero-order chi connectivity index (χ0) is 14.8. The number of anilines is 1. The molecule has 0 amide bonds. The lowest BCUT2D eigenvalue weighted by molar-refractivity contribution is -0.0751. The van der Waals surface area contributed by atoms with Gasteiger partial charge in [0.2, 0.25) is 0 Å². The Bertz CT molecular complexity index is 460. The number of pyridine rings is 1. The summed E-state index contributed by atoms with van der Waals surface area (Å²) < 4.78 is 5.94. The van der Waals surface area contributed by atoms with Gasteiger partial charge in [-0.15, -0.1) is 0 Å². The fourth-order valence-corrected chi connectivity index (χ4v) is 2.90. The maximum absolute atomic E-state index is 9.44. The number of hydrogen-bond donors (Lipinski definition) is 1. The van der Waals surface area contributed by atoms with Crippen molar-refractivity contribution >= 4 is 5.82 Å². The SMILES string of the molecule is CCCc1cc(CO)cc(N2CC(C)OC(C)(C)C2)n1. The zero-order valence-electron chi connectivity index (χ0n) is 13.0. The van der Waals surface area contributed by atoms with E-state index in [2.05, 4.69) is 32.6 Å².